The van der Waals surface area contributed by atoms with Crippen molar-refractivity contribution in [1.82, 2.24) is 4.98 Å². The van der Waals surface area contributed by atoms with Gasteiger partial charge in [-0.3, -0.25) is 15.1 Å². The minimum absolute atomic E-state index is 0.0967. The first-order chi connectivity index (χ1) is 12.2. The molecule has 5 nitrogen and oxygen atoms in total. The number of nitrogens with zero attached hydrogens (tertiary/aromatic N) is 1. The highest BCUT2D eigenvalue weighted by atomic mass is 16.5. The second-order valence-corrected chi connectivity index (χ2v) is 5.33. The zero-order valence-electron chi connectivity index (χ0n) is 13.4. The Bertz CT molecular complexity index is 847. The summed E-state index contributed by atoms with van der Waals surface area (Å²) in [5, 5.41) is 2.64. The molecule has 0 spiro atoms. The Labute approximate surface area is 145 Å². The molecule has 3 rings (SSSR count). The maximum absolute atomic E-state index is 12.3. The van der Waals surface area contributed by atoms with Crippen LogP contribution in [0.15, 0.2) is 79.1 Å². The number of benzene rings is 2. The van der Waals surface area contributed by atoms with Crippen molar-refractivity contribution in [3.05, 3.63) is 95.8 Å². The van der Waals surface area contributed by atoms with Gasteiger partial charge in [-0.2, -0.15) is 0 Å². The molecule has 1 amide bonds. The van der Waals surface area contributed by atoms with Crippen molar-refractivity contribution >= 4 is 17.6 Å². The second kappa shape index (κ2) is 7.88. The smallest absolute Gasteiger partial charge is 0.411 e. The summed E-state index contributed by atoms with van der Waals surface area (Å²) in [4.78, 5) is 28.0. The van der Waals surface area contributed by atoms with Crippen LogP contribution in [0.1, 0.15) is 21.5 Å². The van der Waals surface area contributed by atoms with E-state index < -0.39 is 6.09 Å². The lowest BCUT2D eigenvalue weighted by Gasteiger charge is -2.08. The average molecular weight is 332 g/mol. The summed E-state index contributed by atoms with van der Waals surface area (Å²) in [5.41, 5.74) is 2.58. The fraction of sp³-hybridized carbons (Fsp3) is 0.0500. The van der Waals surface area contributed by atoms with Crippen LogP contribution in [-0.4, -0.2) is 16.9 Å². The van der Waals surface area contributed by atoms with Gasteiger partial charge in [-0.05, 0) is 42.0 Å². The standard InChI is InChI=1S/C20H16N2O3/c23-19(17-10-12-21-13-11-17)16-6-8-18(9-7-16)22-20(24)25-14-15-4-2-1-3-5-15/h1-13H,14H2,(H,22,24). The van der Waals surface area contributed by atoms with Crippen LogP contribution in [0.25, 0.3) is 0 Å². The molecule has 0 aliphatic rings. The molecule has 1 heterocycles. The number of carbonyl (C=O) groups is 2. The minimum atomic E-state index is -0.544. The lowest BCUT2D eigenvalue weighted by Crippen LogP contribution is -2.13. The van der Waals surface area contributed by atoms with Gasteiger partial charge in [0.25, 0.3) is 0 Å². The van der Waals surface area contributed by atoms with Crippen LogP contribution in [0.4, 0.5) is 10.5 Å². The zero-order valence-corrected chi connectivity index (χ0v) is 13.4. The maximum atomic E-state index is 12.3. The van der Waals surface area contributed by atoms with Crippen LogP contribution >= 0.6 is 0 Å². The van der Waals surface area contributed by atoms with Crippen LogP contribution in [0.3, 0.4) is 0 Å². The number of aromatic nitrogens is 1. The molecule has 0 bridgehead atoms. The highest BCUT2D eigenvalue weighted by Crippen LogP contribution is 2.14. The van der Waals surface area contributed by atoms with E-state index in [9.17, 15) is 9.59 Å². The minimum Gasteiger partial charge on any atom is -0.444 e. The van der Waals surface area contributed by atoms with E-state index in [4.69, 9.17) is 4.74 Å². The largest absolute Gasteiger partial charge is 0.444 e. The Morgan fingerprint density at radius 1 is 0.840 bits per heavy atom. The monoisotopic (exact) mass is 332 g/mol. The highest BCUT2D eigenvalue weighted by Gasteiger charge is 2.09. The van der Waals surface area contributed by atoms with Gasteiger partial charge in [-0.15, -0.1) is 0 Å². The normalized spacial score (nSPS) is 10.1. The van der Waals surface area contributed by atoms with E-state index in [1.54, 1.807) is 48.8 Å². The van der Waals surface area contributed by atoms with Crippen molar-refractivity contribution in [2.24, 2.45) is 0 Å². The highest BCUT2D eigenvalue weighted by molar-refractivity contribution is 6.09. The van der Waals surface area contributed by atoms with Crippen LogP contribution in [0.2, 0.25) is 0 Å². The van der Waals surface area contributed by atoms with Crippen molar-refractivity contribution in [3.8, 4) is 0 Å². The van der Waals surface area contributed by atoms with Gasteiger partial charge in [0.1, 0.15) is 6.61 Å². The summed E-state index contributed by atoms with van der Waals surface area (Å²) in [7, 11) is 0. The number of carbonyl (C=O) groups excluding carboxylic acids is 2. The van der Waals surface area contributed by atoms with Crippen LogP contribution in [-0.2, 0) is 11.3 Å². The molecular formula is C20H16N2O3. The van der Waals surface area contributed by atoms with Crippen molar-refractivity contribution in [1.29, 1.82) is 0 Å². The zero-order chi connectivity index (χ0) is 17.5. The maximum Gasteiger partial charge on any atom is 0.411 e. The van der Waals surface area contributed by atoms with Gasteiger partial charge in [0.2, 0.25) is 0 Å². The van der Waals surface area contributed by atoms with Crippen LogP contribution in [0.5, 0.6) is 0 Å². The topological polar surface area (TPSA) is 68.3 Å². The fourth-order valence-electron chi connectivity index (χ4n) is 2.25. The molecule has 0 aliphatic heterocycles. The molecular weight excluding hydrogens is 316 g/mol. The number of nitrogens with one attached hydrogen (secondary N) is 1. The first-order valence-corrected chi connectivity index (χ1v) is 7.75. The molecule has 0 aliphatic carbocycles. The number of anilines is 1. The Balaban J connectivity index is 1.57. The van der Waals surface area contributed by atoms with Crippen molar-refractivity contribution in [2.45, 2.75) is 6.61 Å². The molecule has 2 aromatic carbocycles. The number of hydrogen-bond acceptors (Lipinski definition) is 4. The summed E-state index contributed by atoms with van der Waals surface area (Å²) in [6, 6.07) is 19.4. The van der Waals surface area contributed by atoms with E-state index in [0.717, 1.165) is 5.56 Å². The predicted octanol–water partition coefficient (Wildman–Crippen LogP) is 4.06. The number of amides is 1. The Morgan fingerprint density at radius 3 is 2.16 bits per heavy atom. The van der Waals surface area contributed by atoms with E-state index >= 15 is 0 Å². The van der Waals surface area contributed by atoms with E-state index in [1.165, 1.54) is 0 Å². The van der Waals surface area contributed by atoms with Gasteiger partial charge < -0.3 is 4.74 Å². The van der Waals surface area contributed by atoms with Gasteiger partial charge >= 0.3 is 6.09 Å². The molecule has 124 valence electrons. The SMILES string of the molecule is O=C(Nc1ccc(C(=O)c2ccncc2)cc1)OCc1ccccc1. The fourth-order valence-corrected chi connectivity index (χ4v) is 2.25. The predicted molar refractivity (Wildman–Crippen MR) is 94.4 cm³/mol. The molecule has 0 saturated heterocycles. The number of ether oxygens (including phenoxy) is 1. The van der Waals surface area contributed by atoms with Crippen LogP contribution < -0.4 is 5.32 Å². The number of hydrogen-bond donors (Lipinski definition) is 1. The lowest BCUT2D eigenvalue weighted by atomic mass is 10.0. The lowest BCUT2D eigenvalue weighted by molar-refractivity contribution is 0.103. The van der Waals surface area contributed by atoms with E-state index in [1.807, 2.05) is 30.3 Å². The Kier molecular flexibility index (Phi) is 5.16. The van der Waals surface area contributed by atoms with Gasteiger partial charge in [0.15, 0.2) is 5.78 Å². The molecule has 0 atom stereocenters. The van der Waals surface area contributed by atoms with Gasteiger partial charge in [-0.1, -0.05) is 30.3 Å². The second-order valence-electron chi connectivity index (χ2n) is 5.33. The van der Waals surface area contributed by atoms with E-state index in [0.29, 0.717) is 16.8 Å². The van der Waals surface area contributed by atoms with Crippen molar-refractivity contribution < 1.29 is 14.3 Å². The third kappa shape index (κ3) is 4.51. The van der Waals surface area contributed by atoms with Gasteiger partial charge in [0, 0.05) is 29.2 Å². The summed E-state index contributed by atoms with van der Waals surface area (Å²) < 4.78 is 5.16. The number of ketones is 1. The molecule has 0 saturated carbocycles. The molecule has 0 fully saturated rings. The van der Waals surface area contributed by atoms with Crippen LogP contribution in [0, 0.1) is 0 Å². The first-order valence-electron chi connectivity index (χ1n) is 7.75. The molecule has 1 N–H and O–H groups in total. The number of rotatable bonds is 5. The number of pyridine rings is 1. The Morgan fingerprint density at radius 2 is 1.48 bits per heavy atom. The summed E-state index contributed by atoms with van der Waals surface area (Å²) >= 11 is 0. The molecule has 0 unspecified atom stereocenters. The molecule has 0 radical (unpaired) electrons. The van der Waals surface area contributed by atoms with E-state index in [-0.39, 0.29) is 12.4 Å². The third-order valence-electron chi connectivity index (χ3n) is 3.55. The Hall–Kier alpha value is -3.47. The van der Waals surface area contributed by atoms with Gasteiger partial charge in [-0.25, -0.2) is 4.79 Å². The van der Waals surface area contributed by atoms with E-state index in [2.05, 4.69) is 10.3 Å². The molecule has 1 aromatic heterocycles. The summed E-state index contributed by atoms with van der Waals surface area (Å²) in [6.45, 7) is 0.200. The summed E-state index contributed by atoms with van der Waals surface area (Å²) in [5.74, 6) is -0.0967. The molecule has 25 heavy (non-hydrogen) atoms. The van der Waals surface area contributed by atoms with Crippen molar-refractivity contribution in [2.75, 3.05) is 5.32 Å². The average Bonchev–Trinajstić information content (AvgIpc) is 2.68. The quantitative estimate of drug-likeness (QED) is 0.715. The summed E-state index contributed by atoms with van der Waals surface area (Å²) in [6.07, 6.45) is 2.61. The molecule has 3 aromatic rings. The van der Waals surface area contributed by atoms with Crippen molar-refractivity contribution in [3.63, 3.8) is 0 Å². The van der Waals surface area contributed by atoms with Gasteiger partial charge in [0.05, 0.1) is 0 Å². The molecule has 5 heteroatoms. The third-order valence-corrected chi connectivity index (χ3v) is 3.55. The first kappa shape index (κ1) is 16.4.